The van der Waals surface area contributed by atoms with E-state index in [1.807, 2.05) is 0 Å². The molecule has 6 N–H and O–H groups in total. The Labute approximate surface area is 81.1 Å². The van der Waals surface area contributed by atoms with Crippen molar-refractivity contribution in [3.05, 3.63) is 0 Å². The standard InChI is InChI=1S/Ca.6H2O.Si/h;6*1H2;/q+2;;;;;;;+4/p-6. The van der Waals surface area contributed by atoms with Crippen molar-refractivity contribution < 1.29 is 32.9 Å². The molecule has 0 aromatic rings. The van der Waals surface area contributed by atoms with Crippen LogP contribution in [-0.4, -0.2) is 81.6 Å². The minimum Gasteiger partial charge on any atom is -0.870 e. The average Bonchev–Trinajstić information content (AvgIpc) is 0. The Balaban J connectivity index is 0. The van der Waals surface area contributed by atoms with Crippen LogP contribution in [0.5, 0.6) is 0 Å². The van der Waals surface area contributed by atoms with Gasteiger partial charge < -0.3 is 32.9 Å². The van der Waals surface area contributed by atoms with E-state index in [-0.39, 0.29) is 81.6 Å². The third kappa shape index (κ3) is 184. The van der Waals surface area contributed by atoms with E-state index in [9.17, 15) is 0 Å². The van der Waals surface area contributed by atoms with Gasteiger partial charge in [-0.1, -0.05) is 0 Å². The predicted octanol–water partition coefficient (Wildman–Crippen LogP) is -1.82. The van der Waals surface area contributed by atoms with E-state index in [0.717, 1.165) is 0 Å². The van der Waals surface area contributed by atoms with Crippen molar-refractivity contribution in [2.75, 3.05) is 0 Å². The summed E-state index contributed by atoms with van der Waals surface area (Å²) >= 11 is 0. The van der Waals surface area contributed by atoms with Crippen LogP contribution >= 0.6 is 0 Å². The number of rotatable bonds is 0. The van der Waals surface area contributed by atoms with Crippen molar-refractivity contribution >= 4 is 48.7 Å². The summed E-state index contributed by atoms with van der Waals surface area (Å²) in [6, 6.07) is 0. The summed E-state index contributed by atoms with van der Waals surface area (Å²) < 4.78 is 0. The number of hydrogen-bond donors (Lipinski definition) is 0. The molecule has 0 amide bonds. The Bertz CT molecular complexity index is 8.49. The summed E-state index contributed by atoms with van der Waals surface area (Å²) in [4.78, 5) is 0. The first-order valence-corrected chi connectivity index (χ1v) is 0. The average molecular weight is 170 g/mol. The third-order valence-electron chi connectivity index (χ3n) is 0. The van der Waals surface area contributed by atoms with Crippen molar-refractivity contribution in [1.29, 1.82) is 0 Å². The molecular weight excluding hydrogens is 164 g/mol. The first-order valence-electron chi connectivity index (χ1n) is 0. The van der Waals surface area contributed by atoms with Gasteiger partial charge in [0.05, 0.1) is 0 Å². The molecule has 0 spiro atoms. The molecule has 48 valence electrons. The van der Waals surface area contributed by atoms with Gasteiger partial charge in [0.25, 0.3) is 0 Å². The van der Waals surface area contributed by atoms with E-state index >= 15 is 0 Å². The third-order valence-corrected chi connectivity index (χ3v) is 0. The Kier molecular flexibility index (Phi) is 14400. The molecule has 8 heteroatoms. The summed E-state index contributed by atoms with van der Waals surface area (Å²) in [6.45, 7) is 0. The monoisotopic (exact) mass is 170 g/mol. The van der Waals surface area contributed by atoms with Gasteiger partial charge in [0, 0.05) is 0 Å². The van der Waals surface area contributed by atoms with Gasteiger partial charge in [-0.2, -0.15) is 0 Å². The predicted molar refractivity (Wildman–Crippen MR) is 23.1 cm³/mol. The first-order chi connectivity index (χ1) is 0. The summed E-state index contributed by atoms with van der Waals surface area (Å²) in [5.74, 6) is 0. The molecule has 0 saturated carbocycles. The maximum Gasteiger partial charge on any atom is 4.00 e. The minimum atomic E-state index is 0. The zero-order valence-electron chi connectivity index (χ0n) is 3.89. The van der Waals surface area contributed by atoms with E-state index in [0.29, 0.717) is 0 Å². The van der Waals surface area contributed by atoms with Gasteiger partial charge in [0.1, 0.15) is 0 Å². The molecule has 0 aliphatic rings. The largest absolute Gasteiger partial charge is 4.00 e. The van der Waals surface area contributed by atoms with E-state index in [1.54, 1.807) is 0 Å². The van der Waals surface area contributed by atoms with Crippen molar-refractivity contribution in [3.8, 4) is 0 Å². The van der Waals surface area contributed by atoms with E-state index < -0.39 is 0 Å². The molecule has 0 radical (unpaired) electrons. The molecule has 0 fully saturated rings. The summed E-state index contributed by atoms with van der Waals surface area (Å²) in [6.07, 6.45) is 0. The van der Waals surface area contributed by atoms with Crippen LogP contribution in [0.15, 0.2) is 0 Å². The molecule has 0 heterocycles. The fraction of sp³-hybridized carbons (Fsp3) is 0. The smallest absolute Gasteiger partial charge is 0.870 e. The molecule has 0 aliphatic carbocycles. The molecule has 0 aromatic carbocycles. The maximum absolute atomic E-state index is 0. The van der Waals surface area contributed by atoms with Crippen molar-refractivity contribution in [1.82, 2.24) is 0 Å². The molecule has 0 aromatic heterocycles. The van der Waals surface area contributed by atoms with Crippen LogP contribution in [0.25, 0.3) is 0 Å². The quantitative estimate of drug-likeness (QED) is 0.385. The molecule has 8 heavy (non-hydrogen) atoms. The Morgan fingerprint density at radius 2 is 0.375 bits per heavy atom. The van der Waals surface area contributed by atoms with Crippen LogP contribution in [0, 0.1) is 0 Å². The maximum atomic E-state index is 0. The van der Waals surface area contributed by atoms with Crippen LogP contribution in [0.4, 0.5) is 0 Å². The molecule has 0 aliphatic heterocycles. The van der Waals surface area contributed by atoms with E-state index in [4.69, 9.17) is 0 Å². The van der Waals surface area contributed by atoms with E-state index in [1.165, 1.54) is 0 Å². The van der Waals surface area contributed by atoms with Crippen molar-refractivity contribution in [3.63, 3.8) is 0 Å². The van der Waals surface area contributed by atoms with Crippen LogP contribution < -0.4 is 0 Å². The van der Waals surface area contributed by atoms with Crippen LogP contribution in [0.1, 0.15) is 0 Å². The van der Waals surface area contributed by atoms with Crippen LogP contribution in [-0.2, 0) is 0 Å². The SMILES string of the molecule is [Ca+2].[OH-].[OH-].[OH-].[OH-].[OH-].[OH-].[Si+4]. The molecule has 0 unspecified atom stereocenters. The van der Waals surface area contributed by atoms with Gasteiger partial charge in [-0.25, -0.2) is 0 Å². The zero-order chi connectivity index (χ0) is 0. The minimum absolute atomic E-state index is 0. The topological polar surface area (TPSA) is 180 Å². The fourth-order valence-corrected chi connectivity index (χ4v) is 0. The van der Waals surface area contributed by atoms with Gasteiger partial charge >= 0.3 is 48.7 Å². The summed E-state index contributed by atoms with van der Waals surface area (Å²) in [5, 5.41) is 0. The van der Waals surface area contributed by atoms with Crippen LogP contribution in [0.3, 0.4) is 0 Å². The second-order valence-electron chi connectivity index (χ2n) is 0. The van der Waals surface area contributed by atoms with Gasteiger partial charge in [0.15, 0.2) is 0 Å². The van der Waals surface area contributed by atoms with Gasteiger partial charge in [-0.05, 0) is 0 Å². The van der Waals surface area contributed by atoms with Crippen molar-refractivity contribution in [2.45, 2.75) is 0 Å². The van der Waals surface area contributed by atoms with Gasteiger partial charge in [-0.15, -0.1) is 0 Å². The Morgan fingerprint density at radius 1 is 0.375 bits per heavy atom. The molecular formula is H6CaO6Si. The second-order valence-corrected chi connectivity index (χ2v) is 0. The normalized spacial score (nSPS) is 0. The molecule has 0 rings (SSSR count). The fourth-order valence-electron chi connectivity index (χ4n) is 0. The Morgan fingerprint density at radius 3 is 0.375 bits per heavy atom. The van der Waals surface area contributed by atoms with Gasteiger partial charge in [0.2, 0.25) is 0 Å². The van der Waals surface area contributed by atoms with E-state index in [2.05, 4.69) is 0 Å². The first kappa shape index (κ1) is 410. The summed E-state index contributed by atoms with van der Waals surface area (Å²) in [5.41, 5.74) is 0. The van der Waals surface area contributed by atoms with Gasteiger partial charge in [-0.3, -0.25) is 0 Å². The summed E-state index contributed by atoms with van der Waals surface area (Å²) in [7, 11) is 0. The Hall–Kier alpha value is 1.24. The molecule has 0 atom stereocenters. The van der Waals surface area contributed by atoms with Crippen molar-refractivity contribution in [2.24, 2.45) is 0 Å². The molecule has 6 nitrogen and oxygen atoms in total. The zero-order valence-corrected chi connectivity index (χ0v) is 7.10. The molecule has 0 bridgehead atoms. The molecule has 0 saturated heterocycles. The number of hydrogen-bond acceptors (Lipinski definition) is 6. The second kappa shape index (κ2) is 282. The van der Waals surface area contributed by atoms with Crippen LogP contribution in [0.2, 0.25) is 0 Å².